The van der Waals surface area contributed by atoms with Crippen LogP contribution in [0.5, 0.6) is 5.75 Å². The first-order valence-corrected chi connectivity index (χ1v) is 10.7. The summed E-state index contributed by atoms with van der Waals surface area (Å²) in [6, 6.07) is 14.3. The second-order valence-electron chi connectivity index (χ2n) is 6.46. The third-order valence-electron chi connectivity index (χ3n) is 3.99. The van der Waals surface area contributed by atoms with Crippen LogP contribution in [0.3, 0.4) is 0 Å². The lowest BCUT2D eigenvalue weighted by Crippen LogP contribution is -2.41. The molecule has 0 fully saturated rings. The summed E-state index contributed by atoms with van der Waals surface area (Å²) in [6.07, 6.45) is -0.0426. The predicted molar refractivity (Wildman–Crippen MR) is 112 cm³/mol. The van der Waals surface area contributed by atoms with E-state index in [0.29, 0.717) is 19.0 Å². The van der Waals surface area contributed by atoms with Gasteiger partial charge < -0.3 is 15.4 Å². The van der Waals surface area contributed by atoms with Crippen LogP contribution in [0.1, 0.15) is 25.0 Å². The monoisotopic (exact) mass is 404 g/mol. The molecule has 1 atom stereocenters. The Balaban J connectivity index is 1.93. The lowest BCUT2D eigenvalue weighted by Gasteiger charge is -2.18. The molecule has 28 heavy (non-hydrogen) atoms. The molecule has 2 aromatic rings. The number of aliphatic imine (C=N–C) groups is 1. The fraction of sp³-hybridized carbons (Fsp3) is 0.350. The zero-order valence-electron chi connectivity index (χ0n) is 16.5. The van der Waals surface area contributed by atoms with E-state index in [9.17, 15) is 8.42 Å². The predicted octanol–water partition coefficient (Wildman–Crippen LogP) is 2.17. The Morgan fingerprint density at radius 2 is 1.82 bits per heavy atom. The normalized spacial score (nSPS) is 13.1. The molecule has 0 spiro atoms. The number of sulfonamides is 1. The molecule has 0 aliphatic carbocycles. The third-order valence-corrected chi connectivity index (χ3v) is 4.92. The first-order chi connectivity index (χ1) is 13.3. The van der Waals surface area contributed by atoms with Gasteiger partial charge in [-0.1, -0.05) is 30.3 Å². The van der Waals surface area contributed by atoms with E-state index in [1.165, 1.54) is 12.1 Å². The summed E-state index contributed by atoms with van der Waals surface area (Å²) in [5.74, 6) is 1.53. The van der Waals surface area contributed by atoms with Crippen molar-refractivity contribution in [3.05, 3.63) is 59.7 Å². The van der Waals surface area contributed by atoms with Gasteiger partial charge in [0.2, 0.25) is 10.0 Å². The highest BCUT2D eigenvalue weighted by atomic mass is 32.2. The molecule has 0 saturated carbocycles. The number of nitrogens with zero attached hydrogens (tertiary/aromatic N) is 1. The molecule has 4 N–H and O–H groups in total. The molecule has 7 nitrogen and oxygen atoms in total. The number of guanidine groups is 1. The molecule has 0 radical (unpaired) electrons. The van der Waals surface area contributed by atoms with Crippen LogP contribution in [0, 0.1) is 6.92 Å². The Morgan fingerprint density at radius 3 is 2.43 bits per heavy atom. The molecule has 1 unspecified atom stereocenters. The SMILES string of the molecule is CCNC(=NCc1ccc(S(N)(=O)=O)cc1)NCC(C)Oc1ccccc1C. The fourth-order valence-corrected chi connectivity index (χ4v) is 3.00. The van der Waals surface area contributed by atoms with E-state index in [-0.39, 0.29) is 11.0 Å². The lowest BCUT2D eigenvalue weighted by molar-refractivity contribution is 0.222. The molecule has 152 valence electrons. The Bertz CT molecular complexity index is 896. The molecule has 0 aliphatic rings. The first-order valence-electron chi connectivity index (χ1n) is 9.15. The average molecular weight is 405 g/mol. The summed E-state index contributed by atoms with van der Waals surface area (Å²) in [4.78, 5) is 4.62. The molecule has 0 heterocycles. The Morgan fingerprint density at radius 1 is 1.14 bits per heavy atom. The first kappa shape index (κ1) is 21.7. The molecule has 0 bridgehead atoms. The number of hydrogen-bond acceptors (Lipinski definition) is 4. The molecule has 2 aromatic carbocycles. The second-order valence-corrected chi connectivity index (χ2v) is 8.02. The minimum absolute atomic E-state index is 0.0426. The van der Waals surface area contributed by atoms with Crippen LogP contribution >= 0.6 is 0 Å². The van der Waals surface area contributed by atoms with Crippen molar-refractivity contribution in [2.45, 2.75) is 38.3 Å². The van der Waals surface area contributed by atoms with Crippen molar-refractivity contribution < 1.29 is 13.2 Å². The third kappa shape index (κ3) is 6.86. The minimum atomic E-state index is -3.68. The van der Waals surface area contributed by atoms with Crippen LogP contribution in [-0.2, 0) is 16.6 Å². The van der Waals surface area contributed by atoms with E-state index in [1.807, 2.05) is 45.0 Å². The van der Waals surface area contributed by atoms with Crippen molar-refractivity contribution in [2.75, 3.05) is 13.1 Å². The van der Waals surface area contributed by atoms with Crippen molar-refractivity contribution in [3.63, 3.8) is 0 Å². The molecule has 0 aliphatic heterocycles. The van der Waals surface area contributed by atoms with E-state index in [2.05, 4.69) is 15.6 Å². The van der Waals surface area contributed by atoms with Crippen molar-refractivity contribution >= 4 is 16.0 Å². The van der Waals surface area contributed by atoms with Gasteiger partial charge in [-0.2, -0.15) is 0 Å². The van der Waals surface area contributed by atoms with E-state index >= 15 is 0 Å². The van der Waals surface area contributed by atoms with Gasteiger partial charge in [0.25, 0.3) is 0 Å². The van der Waals surface area contributed by atoms with Gasteiger partial charge in [0, 0.05) is 6.54 Å². The zero-order valence-corrected chi connectivity index (χ0v) is 17.3. The van der Waals surface area contributed by atoms with Gasteiger partial charge in [0.1, 0.15) is 11.9 Å². The minimum Gasteiger partial charge on any atom is -0.489 e. The van der Waals surface area contributed by atoms with Gasteiger partial charge in [0.05, 0.1) is 18.0 Å². The quantitative estimate of drug-likeness (QED) is 0.462. The standard InChI is InChI=1S/C20H28N4O3S/c1-4-22-20(23-13-16(3)27-19-8-6-5-7-15(19)2)24-14-17-9-11-18(12-10-17)28(21,25)26/h5-12,16H,4,13-14H2,1-3H3,(H2,21,25,26)(H2,22,23,24). The molecule has 8 heteroatoms. The van der Waals surface area contributed by atoms with Crippen molar-refractivity contribution in [1.29, 1.82) is 0 Å². The topological polar surface area (TPSA) is 106 Å². The highest BCUT2D eigenvalue weighted by molar-refractivity contribution is 7.89. The van der Waals surface area contributed by atoms with Gasteiger partial charge in [-0.15, -0.1) is 0 Å². The summed E-state index contributed by atoms with van der Waals surface area (Å²) in [7, 11) is -3.68. The van der Waals surface area contributed by atoms with Gasteiger partial charge >= 0.3 is 0 Å². The van der Waals surface area contributed by atoms with Gasteiger partial charge in [0.15, 0.2) is 5.96 Å². The number of aryl methyl sites for hydroxylation is 1. The summed E-state index contributed by atoms with van der Waals surface area (Å²) < 4.78 is 28.6. The number of para-hydroxylation sites is 1. The number of nitrogens with two attached hydrogens (primary N) is 1. The Hall–Kier alpha value is -2.58. The highest BCUT2D eigenvalue weighted by Crippen LogP contribution is 2.17. The van der Waals surface area contributed by atoms with Crippen molar-refractivity contribution in [1.82, 2.24) is 10.6 Å². The van der Waals surface area contributed by atoms with Gasteiger partial charge in [-0.25, -0.2) is 18.5 Å². The fourth-order valence-electron chi connectivity index (χ4n) is 2.48. The Kier molecular flexibility index (Phi) is 7.83. The molecule has 0 saturated heterocycles. The van der Waals surface area contributed by atoms with Crippen LogP contribution in [0.4, 0.5) is 0 Å². The Labute approximate surface area is 167 Å². The summed E-state index contributed by atoms with van der Waals surface area (Å²) in [5.41, 5.74) is 1.98. The van der Waals surface area contributed by atoms with Crippen LogP contribution in [0.15, 0.2) is 58.4 Å². The summed E-state index contributed by atoms with van der Waals surface area (Å²) in [6.45, 7) is 7.73. The second kappa shape index (κ2) is 10.1. The molecule has 0 aromatic heterocycles. The number of primary sulfonamides is 1. The maximum Gasteiger partial charge on any atom is 0.238 e. The number of hydrogen-bond donors (Lipinski definition) is 3. The van der Waals surface area contributed by atoms with Gasteiger partial charge in [-0.05, 0) is 50.1 Å². The van der Waals surface area contributed by atoms with Gasteiger partial charge in [-0.3, -0.25) is 0 Å². The molecular formula is C20H28N4O3S. The smallest absolute Gasteiger partial charge is 0.238 e. The highest BCUT2D eigenvalue weighted by Gasteiger charge is 2.08. The molecule has 0 amide bonds. The molecular weight excluding hydrogens is 376 g/mol. The van der Waals surface area contributed by atoms with Crippen molar-refractivity contribution in [2.24, 2.45) is 10.1 Å². The number of benzene rings is 2. The van der Waals surface area contributed by atoms with Crippen LogP contribution in [0.25, 0.3) is 0 Å². The number of rotatable bonds is 8. The van der Waals surface area contributed by atoms with Crippen LogP contribution in [0.2, 0.25) is 0 Å². The summed E-state index contributed by atoms with van der Waals surface area (Å²) >= 11 is 0. The maximum atomic E-state index is 11.3. The molecule has 2 rings (SSSR count). The number of ether oxygens (including phenoxy) is 1. The van der Waals surface area contributed by atoms with Crippen LogP contribution in [-0.4, -0.2) is 33.6 Å². The van der Waals surface area contributed by atoms with Crippen LogP contribution < -0.4 is 20.5 Å². The van der Waals surface area contributed by atoms with Crippen molar-refractivity contribution in [3.8, 4) is 5.75 Å². The maximum absolute atomic E-state index is 11.3. The van der Waals surface area contributed by atoms with E-state index in [0.717, 1.165) is 23.4 Å². The van der Waals surface area contributed by atoms with E-state index in [1.54, 1.807) is 12.1 Å². The largest absolute Gasteiger partial charge is 0.489 e. The zero-order chi connectivity index (χ0) is 20.6. The number of nitrogens with one attached hydrogen (secondary N) is 2. The van der Waals surface area contributed by atoms with E-state index in [4.69, 9.17) is 9.88 Å². The lowest BCUT2D eigenvalue weighted by atomic mass is 10.2. The van der Waals surface area contributed by atoms with E-state index < -0.39 is 10.0 Å². The summed E-state index contributed by atoms with van der Waals surface area (Å²) in [5, 5.41) is 11.6. The average Bonchev–Trinajstić information content (AvgIpc) is 2.65.